The number of carbonyl (C=O) groups excluding carboxylic acids is 1. The lowest BCUT2D eigenvalue weighted by molar-refractivity contribution is -0.147. The molecule has 0 unspecified atom stereocenters. The van der Waals surface area contributed by atoms with Crippen LogP contribution in [0.5, 0.6) is 5.75 Å². The van der Waals surface area contributed by atoms with Crippen molar-refractivity contribution >= 4 is 6.29 Å². The fourth-order valence-electron chi connectivity index (χ4n) is 2.07. The molecule has 0 aromatic heterocycles. The predicted molar refractivity (Wildman–Crippen MR) is 65.2 cm³/mol. The zero-order chi connectivity index (χ0) is 12.1. The Morgan fingerprint density at radius 2 is 2.06 bits per heavy atom. The Morgan fingerprint density at radius 3 is 2.53 bits per heavy atom. The van der Waals surface area contributed by atoms with E-state index in [-0.39, 0.29) is 5.41 Å². The van der Waals surface area contributed by atoms with E-state index < -0.39 is 0 Å². The molecule has 0 saturated carbocycles. The summed E-state index contributed by atoms with van der Waals surface area (Å²) in [7, 11) is 1.67. The number of benzene rings is 1. The third kappa shape index (κ3) is 2.86. The summed E-state index contributed by atoms with van der Waals surface area (Å²) in [5.74, 6) is 0.880. The van der Waals surface area contributed by atoms with Gasteiger partial charge in [-0.3, -0.25) is 0 Å². The zero-order valence-electron chi connectivity index (χ0n) is 10.1. The van der Waals surface area contributed by atoms with E-state index in [0.717, 1.165) is 31.3 Å². The van der Waals surface area contributed by atoms with Crippen LogP contribution in [0.15, 0.2) is 24.3 Å². The van der Waals surface area contributed by atoms with Gasteiger partial charge in [-0.15, -0.1) is 0 Å². The standard InChI is InChI=1S/C14H18O3/c1-16-13-6-4-12(5-7-13)3-2-8-14(9-15)10-17-11-14/h4-7,9H,2-3,8,10-11H2,1H3. The molecule has 1 aromatic carbocycles. The van der Waals surface area contributed by atoms with Crippen LogP contribution in [0.1, 0.15) is 18.4 Å². The SMILES string of the molecule is COc1ccc(CCCC2(C=O)COC2)cc1. The minimum Gasteiger partial charge on any atom is -0.497 e. The van der Waals surface area contributed by atoms with Crippen molar-refractivity contribution < 1.29 is 14.3 Å². The molecule has 0 radical (unpaired) electrons. The summed E-state index contributed by atoms with van der Waals surface area (Å²) in [5.41, 5.74) is 1.10. The molecule has 0 atom stereocenters. The lowest BCUT2D eigenvalue weighted by atomic mass is 9.82. The molecule has 3 heteroatoms. The highest BCUT2D eigenvalue weighted by Crippen LogP contribution is 2.30. The number of carbonyl (C=O) groups is 1. The Balaban J connectivity index is 1.79. The van der Waals surface area contributed by atoms with Crippen LogP contribution < -0.4 is 4.74 Å². The highest BCUT2D eigenvalue weighted by molar-refractivity contribution is 5.61. The second-order valence-electron chi connectivity index (χ2n) is 4.67. The van der Waals surface area contributed by atoms with E-state index in [9.17, 15) is 4.79 Å². The monoisotopic (exact) mass is 234 g/mol. The van der Waals surface area contributed by atoms with Gasteiger partial charge in [0, 0.05) is 0 Å². The minimum atomic E-state index is -0.188. The van der Waals surface area contributed by atoms with Gasteiger partial charge in [-0.25, -0.2) is 0 Å². The van der Waals surface area contributed by atoms with Crippen molar-refractivity contribution in [3.63, 3.8) is 0 Å². The largest absolute Gasteiger partial charge is 0.497 e. The summed E-state index contributed by atoms with van der Waals surface area (Å²) in [6.45, 7) is 1.19. The Hall–Kier alpha value is -1.35. The van der Waals surface area contributed by atoms with E-state index in [1.165, 1.54) is 5.56 Å². The highest BCUT2D eigenvalue weighted by Gasteiger charge is 2.37. The summed E-state index contributed by atoms with van der Waals surface area (Å²) < 4.78 is 10.2. The Morgan fingerprint density at radius 1 is 1.35 bits per heavy atom. The summed E-state index contributed by atoms with van der Waals surface area (Å²) in [6, 6.07) is 8.09. The normalized spacial score (nSPS) is 17.2. The third-order valence-electron chi connectivity index (χ3n) is 3.33. The van der Waals surface area contributed by atoms with E-state index in [1.807, 2.05) is 12.1 Å². The maximum atomic E-state index is 10.9. The molecule has 2 rings (SSSR count). The Bertz CT molecular complexity index is 366. The van der Waals surface area contributed by atoms with Crippen molar-refractivity contribution in [2.24, 2.45) is 5.41 Å². The van der Waals surface area contributed by atoms with Gasteiger partial charge >= 0.3 is 0 Å². The topological polar surface area (TPSA) is 35.5 Å². The van der Waals surface area contributed by atoms with Gasteiger partial charge in [0.05, 0.1) is 25.7 Å². The van der Waals surface area contributed by atoms with Crippen molar-refractivity contribution in [2.75, 3.05) is 20.3 Å². The van der Waals surface area contributed by atoms with Crippen LogP contribution in [-0.4, -0.2) is 26.6 Å². The third-order valence-corrected chi connectivity index (χ3v) is 3.33. The summed E-state index contributed by atoms with van der Waals surface area (Å²) in [6.07, 6.45) is 4.00. The molecule has 92 valence electrons. The van der Waals surface area contributed by atoms with Crippen LogP contribution in [0.4, 0.5) is 0 Å². The predicted octanol–water partition coefficient (Wildman–Crippen LogP) is 2.23. The highest BCUT2D eigenvalue weighted by atomic mass is 16.5. The first-order valence-corrected chi connectivity index (χ1v) is 5.95. The molecular formula is C14H18O3. The van der Waals surface area contributed by atoms with Gasteiger partial charge in [0.25, 0.3) is 0 Å². The van der Waals surface area contributed by atoms with Crippen molar-refractivity contribution in [2.45, 2.75) is 19.3 Å². The second-order valence-corrected chi connectivity index (χ2v) is 4.67. The molecule has 0 bridgehead atoms. The number of hydrogen-bond donors (Lipinski definition) is 0. The first kappa shape index (κ1) is 12.1. The first-order valence-electron chi connectivity index (χ1n) is 5.95. The molecule has 17 heavy (non-hydrogen) atoms. The molecule has 1 aliphatic rings. The lowest BCUT2D eigenvalue weighted by Gasteiger charge is -2.36. The van der Waals surface area contributed by atoms with Crippen molar-refractivity contribution in [3.8, 4) is 5.75 Å². The Labute approximate surface area is 102 Å². The van der Waals surface area contributed by atoms with Gasteiger partial charge in [0.15, 0.2) is 0 Å². The smallest absolute Gasteiger partial charge is 0.130 e. The van der Waals surface area contributed by atoms with Crippen LogP contribution in [0, 0.1) is 5.41 Å². The fourth-order valence-corrected chi connectivity index (χ4v) is 2.07. The van der Waals surface area contributed by atoms with Gasteiger partial charge in [-0.2, -0.15) is 0 Å². The molecule has 0 aliphatic carbocycles. The first-order chi connectivity index (χ1) is 8.28. The second kappa shape index (κ2) is 5.32. The average Bonchev–Trinajstić information content (AvgIpc) is 2.33. The van der Waals surface area contributed by atoms with Crippen molar-refractivity contribution in [1.29, 1.82) is 0 Å². The van der Waals surface area contributed by atoms with Gasteiger partial charge in [-0.1, -0.05) is 12.1 Å². The summed E-state index contributed by atoms with van der Waals surface area (Å²) >= 11 is 0. The molecular weight excluding hydrogens is 216 g/mol. The van der Waals surface area contributed by atoms with Crippen LogP contribution >= 0.6 is 0 Å². The number of aldehydes is 1. The fraction of sp³-hybridized carbons (Fsp3) is 0.500. The molecule has 0 N–H and O–H groups in total. The zero-order valence-corrected chi connectivity index (χ0v) is 10.1. The van der Waals surface area contributed by atoms with Crippen LogP contribution in [0.25, 0.3) is 0 Å². The number of hydrogen-bond acceptors (Lipinski definition) is 3. The molecule has 3 nitrogen and oxygen atoms in total. The molecule has 1 aromatic rings. The molecule has 1 saturated heterocycles. The summed E-state index contributed by atoms with van der Waals surface area (Å²) in [5, 5.41) is 0. The number of ether oxygens (including phenoxy) is 2. The van der Waals surface area contributed by atoms with Gasteiger partial charge in [0.2, 0.25) is 0 Å². The van der Waals surface area contributed by atoms with E-state index >= 15 is 0 Å². The van der Waals surface area contributed by atoms with Crippen molar-refractivity contribution in [1.82, 2.24) is 0 Å². The molecule has 1 aliphatic heterocycles. The van der Waals surface area contributed by atoms with Crippen LogP contribution in [0.2, 0.25) is 0 Å². The summed E-state index contributed by atoms with van der Waals surface area (Å²) in [4.78, 5) is 10.9. The number of methoxy groups -OCH3 is 1. The number of rotatable bonds is 6. The van der Waals surface area contributed by atoms with E-state index in [1.54, 1.807) is 7.11 Å². The number of aryl methyl sites for hydroxylation is 1. The van der Waals surface area contributed by atoms with Gasteiger partial charge in [0.1, 0.15) is 12.0 Å². The van der Waals surface area contributed by atoms with Crippen LogP contribution in [-0.2, 0) is 16.0 Å². The van der Waals surface area contributed by atoms with E-state index in [2.05, 4.69) is 12.1 Å². The van der Waals surface area contributed by atoms with E-state index in [0.29, 0.717) is 13.2 Å². The quantitative estimate of drug-likeness (QED) is 0.708. The molecule has 1 heterocycles. The minimum absolute atomic E-state index is 0.188. The van der Waals surface area contributed by atoms with Crippen molar-refractivity contribution in [3.05, 3.63) is 29.8 Å². The average molecular weight is 234 g/mol. The maximum Gasteiger partial charge on any atom is 0.130 e. The van der Waals surface area contributed by atoms with E-state index in [4.69, 9.17) is 9.47 Å². The molecule has 1 fully saturated rings. The van der Waals surface area contributed by atoms with Crippen LogP contribution in [0.3, 0.4) is 0 Å². The molecule has 0 amide bonds. The Kier molecular flexibility index (Phi) is 3.79. The van der Waals surface area contributed by atoms with Gasteiger partial charge in [-0.05, 0) is 37.0 Å². The lowest BCUT2D eigenvalue weighted by Crippen LogP contribution is -2.43. The van der Waals surface area contributed by atoms with Gasteiger partial charge < -0.3 is 14.3 Å². The molecule has 0 spiro atoms. The maximum absolute atomic E-state index is 10.9.